The second kappa shape index (κ2) is 21.9. The second-order valence-electron chi connectivity index (χ2n) is 19.6. The molecule has 4 nitrogen and oxygen atoms in total. The minimum Gasteiger partial charge on any atom is -0.456 e. The number of benzene rings is 10. The molecule has 80 heavy (non-hydrogen) atoms. The van der Waals surface area contributed by atoms with E-state index in [0.29, 0.717) is 0 Å². The SMILES string of the molecule is [Ir+3].[c-]1cc(-c2ccccc2-c2cc(-c3ccccc3-c3c[c-]c(-c4ccccn4)cc3)cc(-c3ccccc3-c3c[c-]c(-c4cc(-c5ccc6c(c5)oc5ccccc56)ccn4)cc3-c3ccccc3)c2)ccc1-c1ccccn1. The molecule has 0 unspecified atom stereocenters. The average molecular weight is 1200 g/mol. The van der Waals surface area contributed by atoms with E-state index >= 15 is 0 Å². The molecule has 376 valence electrons. The minimum atomic E-state index is 0. The third kappa shape index (κ3) is 9.67. The Morgan fingerprint density at radius 1 is 0.250 bits per heavy atom. The van der Waals surface area contributed by atoms with Crippen LogP contribution in [0.5, 0.6) is 0 Å². The van der Waals surface area contributed by atoms with Gasteiger partial charge in [-0.15, -0.1) is 83.4 Å². The first-order valence-corrected chi connectivity index (χ1v) is 26.5. The van der Waals surface area contributed by atoms with Crippen molar-refractivity contribution in [3.05, 3.63) is 298 Å². The van der Waals surface area contributed by atoms with Gasteiger partial charge in [-0.3, -0.25) is 0 Å². The molecule has 0 spiro atoms. The van der Waals surface area contributed by atoms with Gasteiger partial charge in [-0.05, 0) is 122 Å². The summed E-state index contributed by atoms with van der Waals surface area (Å²) in [5, 5.41) is 2.22. The minimum absolute atomic E-state index is 0. The molecule has 14 rings (SSSR count). The fraction of sp³-hybridized carbons (Fsp3) is 0. The molecule has 0 atom stereocenters. The zero-order valence-electron chi connectivity index (χ0n) is 43.1. The first-order chi connectivity index (χ1) is 39.1. The third-order valence-electron chi connectivity index (χ3n) is 14.9. The van der Waals surface area contributed by atoms with Crippen LogP contribution in [0.1, 0.15) is 0 Å². The Bertz CT molecular complexity index is 4370. The second-order valence-corrected chi connectivity index (χ2v) is 19.6. The van der Waals surface area contributed by atoms with Crippen LogP contribution in [0, 0.1) is 18.2 Å². The van der Waals surface area contributed by atoms with Crippen molar-refractivity contribution in [1.29, 1.82) is 0 Å². The van der Waals surface area contributed by atoms with Crippen LogP contribution in [0.4, 0.5) is 0 Å². The molecule has 0 N–H and O–H groups in total. The van der Waals surface area contributed by atoms with Gasteiger partial charge in [0.05, 0.1) is 0 Å². The maximum atomic E-state index is 6.30. The van der Waals surface area contributed by atoms with Gasteiger partial charge in [0.25, 0.3) is 0 Å². The number of nitrogens with zero attached hydrogens (tertiary/aromatic N) is 3. The fourth-order valence-corrected chi connectivity index (χ4v) is 11.0. The van der Waals surface area contributed by atoms with Gasteiger partial charge >= 0.3 is 20.1 Å². The van der Waals surface area contributed by atoms with Crippen molar-refractivity contribution < 1.29 is 24.5 Å². The molecule has 0 radical (unpaired) electrons. The average Bonchev–Trinajstić information content (AvgIpc) is 3.93. The smallest absolute Gasteiger partial charge is 0.456 e. The summed E-state index contributed by atoms with van der Waals surface area (Å²) in [6.45, 7) is 0. The molecule has 10 aromatic carbocycles. The Morgan fingerprint density at radius 3 is 1.30 bits per heavy atom. The number of hydrogen-bond donors (Lipinski definition) is 0. The van der Waals surface area contributed by atoms with Crippen molar-refractivity contribution >= 4 is 21.9 Å². The number of pyridine rings is 3. The molecule has 0 fully saturated rings. The molecule has 4 aromatic heterocycles. The van der Waals surface area contributed by atoms with Gasteiger partial charge in [0.2, 0.25) is 0 Å². The van der Waals surface area contributed by atoms with Crippen LogP contribution >= 0.6 is 0 Å². The van der Waals surface area contributed by atoms with E-state index in [9.17, 15) is 0 Å². The molecule has 5 heteroatoms. The first kappa shape index (κ1) is 49.7. The van der Waals surface area contributed by atoms with Crippen LogP contribution in [-0.4, -0.2) is 15.0 Å². The standard InChI is InChI=1S/C75H46N3O.Ir/c1-2-16-50(17-3-1)70-47-57(73-48-56(40-43-78-73)55-36-39-69-68-24-10-11-27-74(68)79-75(69)49-55)37-38-67(70)66-23-9-8-22-65(66)60-45-58(63-20-6-4-18-61(63)51-28-32-53(33-29-51)71-25-12-14-41-76-71)44-59(46-60)64-21-7-5-19-62(64)52-30-34-54(35-31-52)72-26-13-15-42-77-72;/h1-32,34,36,38-49H;/q-3;+3. The molecule has 0 bridgehead atoms. The topological polar surface area (TPSA) is 51.8 Å². The van der Waals surface area contributed by atoms with Gasteiger partial charge in [0.15, 0.2) is 0 Å². The Morgan fingerprint density at radius 2 is 0.725 bits per heavy atom. The molecular formula is C75H46IrN3O. The van der Waals surface area contributed by atoms with Gasteiger partial charge in [0.1, 0.15) is 11.2 Å². The monoisotopic (exact) mass is 1200 g/mol. The van der Waals surface area contributed by atoms with Gasteiger partial charge in [-0.2, -0.15) is 0 Å². The van der Waals surface area contributed by atoms with Gasteiger partial charge in [-0.25, -0.2) is 0 Å². The first-order valence-electron chi connectivity index (χ1n) is 26.5. The zero-order valence-corrected chi connectivity index (χ0v) is 45.5. The summed E-state index contributed by atoms with van der Waals surface area (Å²) in [7, 11) is 0. The van der Waals surface area contributed by atoms with E-state index in [1.807, 2.05) is 67.1 Å². The van der Waals surface area contributed by atoms with E-state index in [2.05, 4.69) is 240 Å². The summed E-state index contributed by atoms with van der Waals surface area (Å²) >= 11 is 0. The van der Waals surface area contributed by atoms with Crippen LogP contribution in [0.15, 0.2) is 284 Å². The van der Waals surface area contributed by atoms with E-state index < -0.39 is 0 Å². The molecule has 0 aliphatic carbocycles. The maximum Gasteiger partial charge on any atom is 3.00 e. The number of aromatic nitrogens is 3. The summed E-state index contributed by atoms with van der Waals surface area (Å²) in [4.78, 5) is 14.1. The Balaban J connectivity index is 0.00000605. The molecule has 0 aliphatic rings. The van der Waals surface area contributed by atoms with E-state index in [1.165, 1.54) is 0 Å². The number of fused-ring (bicyclic) bond motifs is 3. The van der Waals surface area contributed by atoms with Crippen molar-refractivity contribution in [1.82, 2.24) is 15.0 Å². The number of para-hydroxylation sites is 1. The Kier molecular flexibility index (Phi) is 13.6. The summed E-state index contributed by atoms with van der Waals surface area (Å²) < 4.78 is 6.30. The molecule has 0 saturated carbocycles. The van der Waals surface area contributed by atoms with E-state index in [-0.39, 0.29) is 20.1 Å². The molecule has 0 aliphatic heterocycles. The fourth-order valence-electron chi connectivity index (χ4n) is 11.0. The van der Waals surface area contributed by atoms with Crippen LogP contribution in [0.25, 0.3) is 145 Å². The van der Waals surface area contributed by atoms with Gasteiger partial charge in [0, 0.05) is 29.4 Å². The van der Waals surface area contributed by atoms with Crippen LogP contribution in [0.3, 0.4) is 0 Å². The normalized spacial score (nSPS) is 11.2. The van der Waals surface area contributed by atoms with Gasteiger partial charge < -0.3 is 19.4 Å². The summed E-state index contributed by atoms with van der Waals surface area (Å²) in [6.07, 6.45) is 5.53. The van der Waals surface area contributed by atoms with Crippen molar-refractivity contribution in [3.8, 4) is 123 Å². The largest absolute Gasteiger partial charge is 3.00 e. The summed E-state index contributed by atoms with van der Waals surface area (Å²) in [6, 6.07) is 103. The summed E-state index contributed by atoms with van der Waals surface area (Å²) in [5.41, 5.74) is 24.6. The van der Waals surface area contributed by atoms with Gasteiger partial charge in [-0.1, -0.05) is 197 Å². The predicted octanol–water partition coefficient (Wildman–Crippen LogP) is 19.5. The maximum absolute atomic E-state index is 6.30. The summed E-state index contributed by atoms with van der Waals surface area (Å²) in [5.74, 6) is 0. The van der Waals surface area contributed by atoms with E-state index in [0.717, 1.165) is 145 Å². The van der Waals surface area contributed by atoms with Crippen LogP contribution in [-0.2, 0) is 20.1 Å². The van der Waals surface area contributed by atoms with Crippen molar-refractivity contribution in [2.75, 3.05) is 0 Å². The number of furan rings is 1. The van der Waals surface area contributed by atoms with Crippen LogP contribution in [0.2, 0.25) is 0 Å². The van der Waals surface area contributed by atoms with E-state index in [1.54, 1.807) is 0 Å². The molecule has 0 saturated heterocycles. The molecule has 14 aromatic rings. The predicted molar refractivity (Wildman–Crippen MR) is 323 cm³/mol. The Hall–Kier alpha value is -9.90. The molecule has 0 amide bonds. The van der Waals surface area contributed by atoms with Crippen molar-refractivity contribution in [3.63, 3.8) is 0 Å². The van der Waals surface area contributed by atoms with E-state index in [4.69, 9.17) is 9.40 Å². The Labute approximate surface area is 478 Å². The quantitative estimate of drug-likeness (QED) is 0.121. The van der Waals surface area contributed by atoms with Crippen molar-refractivity contribution in [2.24, 2.45) is 0 Å². The third-order valence-corrected chi connectivity index (χ3v) is 14.9. The van der Waals surface area contributed by atoms with Crippen LogP contribution < -0.4 is 0 Å². The number of hydrogen-bond acceptors (Lipinski definition) is 4. The van der Waals surface area contributed by atoms with Crippen molar-refractivity contribution in [2.45, 2.75) is 0 Å². The molecule has 4 heterocycles. The molecular weight excluding hydrogens is 1150 g/mol. The zero-order chi connectivity index (χ0) is 52.5. The number of rotatable bonds is 11.